The summed E-state index contributed by atoms with van der Waals surface area (Å²) in [6.45, 7) is -0.243. The number of aromatic nitrogens is 1. The smallest absolute Gasteiger partial charge is 0.409 e. The molecule has 1 aromatic heterocycles. The Morgan fingerprint density at radius 2 is 2.10 bits per heavy atom. The van der Waals surface area contributed by atoms with Gasteiger partial charge in [0.05, 0.1) is 17.6 Å². The molecule has 1 heterocycles. The highest BCUT2D eigenvalue weighted by Gasteiger charge is 2.12. The van der Waals surface area contributed by atoms with Crippen molar-refractivity contribution < 1.29 is 8.81 Å². The molecule has 3 rings (SSSR count). The van der Waals surface area contributed by atoms with E-state index in [0.717, 1.165) is 4.57 Å². The largest absolute Gasteiger partial charge is 0.422 e. The number of rotatable bonds is 2. The van der Waals surface area contributed by atoms with Gasteiger partial charge in [-0.3, -0.25) is 4.79 Å². The second-order valence-electron chi connectivity index (χ2n) is 4.50. The predicted octanol–water partition coefficient (Wildman–Crippen LogP) is 1.52. The van der Waals surface area contributed by atoms with Crippen LogP contribution in [0.1, 0.15) is 5.56 Å². The summed E-state index contributed by atoms with van der Waals surface area (Å²) in [6.07, 6.45) is 0. The summed E-state index contributed by atoms with van der Waals surface area (Å²) in [5.74, 6) is -1.50. The molecule has 0 amide bonds. The van der Waals surface area contributed by atoms with Crippen molar-refractivity contribution >= 4 is 16.7 Å². The Balaban J connectivity index is 2.20. The van der Waals surface area contributed by atoms with Crippen molar-refractivity contribution in [3.63, 3.8) is 0 Å². The number of hydrogen-bond acceptors (Lipinski definition) is 4. The number of nitrogen functional groups attached to an aromatic ring is 1. The molecular formula is C15H10FN2O3. The monoisotopic (exact) mass is 285 g/mol. The Hall–Kier alpha value is -2.89. The number of nitrogens with two attached hydrogens (primary N) is 1. The zero-order valence-electron chi connectivity index (χ0n) is 10.8. The molecule has 0 aliphatic heterocycles. The van der Waals surface area contributed by atoms with Gasteiger partial charge in [-0.1, -0.05) is 18.2 Å². The molecule has 0 bridgehead atoms. The summed E-state index contributed by atoms with van der Waals surface area (Å²) in [4.78, 5) is 24.2. The van der Waals surface area contributed by atoms with Crippen LogP contribution < -0.4 is 17.0 Å². The van der Waals surface area contributed by atoms with Crippen LogP contribution in [-0.4, -0.2) is 4.57 Å². The first-order valence-corrected chi connectivity index (χ1v) is 6.14. The van der Waals surface area contributed by atoms with Gasteiger partial charge in [0.1, 0.15) is 5.58 Å². The number of fused-ring (bicyclic) bond motifs is 1. The van der Waals surface area contributed by atoms with Crippen molar-refractivity contribution in [2.75, 3.05) is 5.73 Å². The van der Waals surface area contributed by atoms with Crippen LogP contribution in [0.15, 0.2) is 50.4 Å². The van der Waals surface area contributed by atoms with E-state index >= 15 is 0 Å². The van der Waals surface area contributed by atoms with Crippen LogP contribution in [0, 0.1) is 11.9 Å². The molecule has 2 aromatic carbocycles. The fourth-order valence-corrected chi connectivity index (χ4v) is 2.08. The molecule has 1 radical (unpaired) electrons. The highest BCUT2D eigenvalue weighted by Crippen LogP contribution is 2.15. The number of halogens is 1. The highest BCUT2D eigenvalue weighted by atomic mass is 19.1. The molecule has 6 heteroatoms. The summed E-state index contributed by atoms with van der Waals surface area (Å²) in [5.41, 5.74) is 5.18. The maximum Gasteiger partial charge on any atom is 0.422 e. The quantitative estimate of drug-likeness (QED) is 0.724. The number of nitrogens with zero attached hydrogens (tertiary/aromatic N) is 1. The van der Waals surface area contributed by atoms with E-state index < -0.39 is 17.1 Å². The summed E-state index contributed by atoms with van der Waals surface area (Å²) in [7, 11) is 0. The lowest BCUT2D eigenvalue weighted by Gasteiger charge is -2.07. The molecule has 0 unspecified atom stereocenters. The molecule has 0 aliphatic rings. The molecule has 0 saturated carbocycles. The average molecular weight is 285 g/mol. The SMILES string of the molecule is Nc1cccc(Cn2c(=O)oc3c[c]ccc3c2=O)c1F. The third-order valence-corrected chi connectivity index (χ3v) is 3.16. The van der Waals surface area contributed by atoms with Crippen LogP contribution in [0.4, 0.5) is 10.1 Å². The summed E-state index contributed by atoms with van der Waals surface area (Å²) in [5, 5.41) is 0.234. The van der Waals surface area contributed by atoms with E-state index in [1.165, 1.54) is 30.3 Å². The maximum absolute atomic E-state index is 13.9. The Kier molecular flexibility index (Phi) is 3.06. The Bertz CT molecular complexity index is 944. The zero-order chi connectivity index (χ0) is 15.0. The third kappa shape index (κ3) is 2.20. The lowest BCUT2D eigenvalue weighted by atomic mass is 10.2. The molecule has 0 aliphatic carbocycles. The van der Waals surface area contributed by atoms with E-state index in [1.807, 2.05) is 0 Å². The van der Waals surface area contributed by atoms with Crippen molar-refractivity contribution in [1.82, 2.24) is 4.57 Å². The minimum Gasteiger partial charge on any atom is -0.409 e. The van der Waals surface area contributed by atoms with Crippen LogP contribution in [0.3, 0.4) is 0 Å². The van der Waals surface area contributed by atoms with Crippen molar-refractivity contribution in [3.05, 3.63) is 74.7 Å². The van der Waals surface area contributed by atoms with Gasteiger partial charge in [-0.05, 0) is 24.3 Å². The Morgan fingerprint density at radius 3 is 2.90 bits per heavy atom. The highest BCUT2D eigenvalue weighted by molar-refractivity contribution is 5.74. The van der Waals surface area contributed by atoms with Crippen LogP contribution in [0.5, 0.6) is 0 Å². The van der Waals surface area contributed by atoms with Crippen molar-refractivity contribution in [2.45, 2.75) is 6.54 Å². The van der Waals surface area contributed by atoms with Crippen LogP contribution >= 0.6 is 0 Å². The van der Waals surface area contributed by atoms with E-state index in [4.69, 9.17) is 10.2 Å². The number of hydrogen-bond donors (Lipinski definition) is 1. The van der Waals surface area contributed by atoms with Crippen LogP contribution in [-0.2, 0) is 6.54 Å². The Labute approximate surface area is 118 Å². The van der Waals surface area contributed by atoms with Gasteiger partial charge in [0.2, 0.25) is 0 Å². The van der Waals surface area contributed by atoms with E-state index in [2.05, 4.69) is 6.07 Å². The van der Waals surface area contributed by atoms with Gasteiger partial charge in [-0.25, -0.2) is 13.8 Å². The van der Waals surface area contributed by atoms with Gasteiger partial charge in [0.15, 0.2) is 5.82 Å². The first kappa shape index (κ1) is 13.1. The Morgan fingerprint density at radius 1 is 1.29 bits per heavy atom. The molecular weight excluding hydrogens is 275 g/mol. The molecule has 0 spiro atoms. The van der Waals surface area contributed by atoms with E-state index in [0.29, 0.717) is 0 Å². The van der Waals surface area contributed by atoms with Gasteiger partial charge in [-0.2, -0.15) is 0 Å². The summed E-state index contributed by atoms with van der Waals surface area (Å²) < 4.78 is 19.8. The lowest BCUT2D eigenvalue weighted by molar-refractivity contribution is 0.466. The topological polar surface area (TPSA) is 78.2 Å². The second kappa shape index (κ2) is 4.90. The first-order valence-electron chi connectivity index (χ1n) is 6.14. The van der Waals surface area contributed by atoms with E-state index in [-0.39, 0.29) is 28.8 Å². The maximum atomic E-state index is 13.9. The summed E-state index contributed by atoms with van der Waals surface area (Å²) >= 11 is 0. The molecule has 5 nitrogen and oxygen atoms in total. The lowest BCUT2D eigenvalue weighted by Crippen LogP contribution is -2.33. The normalized spacial score (nSPS) is 10.9. The van der Waals surface area contributed by atoms with Gasteiger partial charge in [0, 0.05) is 5.56 Å². The molecule has 0 atom stereocenters. The fourth-order valence-electron chi connectivity index (χ4n) is 2.08. The van der Waals surface area contributed by atoms with Crippen molar-refractivity contribution in [1.29, 1.82) is 0 Å². The number of anilines is 1. The molecule has 105 valence electrons. The van der Waals surface area contributed by atoms with Crippen molar-refractivity contribution in [2.24, 2.45) is 0 Å². The average Bonchev–Trinajstić information content (AvgIpc) is 2.47. The molecule has 21 heavy (non-hydrogen) atoms. The van der Waals surface area contributed by atoms with Crippen LogP contribution in [0.25, 0.3) is 11.0 Å². The second-order valence-corrected chi connectivity index (χ2v) is 4.50. The van der Waals surface area contributed by atoms with Crippen LogP contribution in [0.2, 0.25) is 0 Å². The van der Waals surface area contributed by atoms with Gasteiger partial charge < -0.3 is 10.2 Å². The molecule has 2 N–H and O–H groups in total. The minimum atomic E-state index is -0.853. The van der Waals surface area contributed by atoms with Gasteiger partial charge >= 0.3 is 5.76 Å². The molecule has 0 saturated heterocycles. The fraction of sp³-hybridized carbons (Fsp3) is 0.0667. The van der Waals surface area contributed by atoms with Crippen molar-refractivity contribution in [3.8, 4) is 0 Å². The van der Waals surface area contributed by atoms with Gasteiger partial charge in [-0.15, -0.1) is 0 Å². The minimum absolute atomic E-state index is 0.0414. The number of benzene rings is 2. The van der Waals surface area contributed by atoms with Gasteiger partial charge in [0.25, 0.3) is 5.56 Å². The van der Waals surface area contributed by atoms with E-state index in [9.17, 15) is 14.0 Å². The molecule has 0 fully saturated rings. The molecule has 3 aromatic rings. The zero-order valence-corrected chi connectivity index (χ0v) is 10.8. The third-order valence-electron chi connectivity index (χ3n) is 3.16. The standard InChI is InChI=1S/C15H10FN2O3/c16-13-9(4-3-6-11(13)17)8-18-14(19)10-5-1-2-7-12(10)21-15(18)20/h1,3-7H,8,17H2. The first-order chi connectivity index (χ1) is 10.1. The van der Waals surface area contributed by atoms with E-state index in [1.54, 1.807) is 6.07 Å². The summed E-state index contributed by atoms with van der Waals surface area (Å²) in [6, 6.07) is 11.6. The predicted molar refractivity (Wildman–Crippen MR) is 75.5 cm³/mol.